The lowest BCUT2D eigenvalue weighted by Crippen LogP contribution is -2.36. The Labute approximate surface area is 162 Å². The quantitative estimate of drug-likeness (QED) is 0.683. The zero-order valence-electron chi connectivity index (χ0n) is 15.9. The maximum Gasteiger partial charge on any atom is 0.319 e. The van der Waals surface area contributed by atoms with Gasteiger partial charge in [0.15, 0.2) is 5.82 Å². The molecule has 28 heavy (non-hydrogen) atoms. The first-order valence-electron chi connectivity index (χ1n) is 8.76. The normalized spacial score (nSPS) is 12.0. The van der Waals surface area contributed by atoms with Gasteiger partial charge in [-0.15, -0.1) is 5.10 Å². The molecule has 2 amide bonds. The van der Waals surface area contributed by atoms with Gasteiger partial charge in [0.25, 0.3) is 0 Å². The van der Waals surface area contributed by atoms with Crippen molar-refractivity contribution in [2.24, 2.45) is 0 Å². The summed E-state index contributed by atoms with van der Waals surface area (Å²) >= 11 is 0. The van der Waals surface area contributed by atoms with E-state index in [9.17, 15) is 9.18 Å². The van der Waals surface area contributed by atoms with Gasteiger partial charge in [-0.1, -0.05) is 18.2 Å². The number of hydrogen-bond acceptors (Lipinski definition) is 5. The molecule has 3 rings (SSSR count). The number of halogens is 1. The number of carbonyl (C=O) groups is 1. The average molecular weight is 383 g/mol. The first-order chi connectivity index (χ1) is 13.4. The van der Waals surface area contributed by atoms with Crippen LogP contribution in [-0.4, -0.2) is 51.8 Å². The van der Waals surface area contributed by atoms with Gasteiger partial charge in [-0.3, -0.25) is 0 Å². The van der Waals surface area contributed by atoms with Crippen LogP contribution in [0.5, 0.6) is 0 Å². The van der Waals surface area contributed by atoms with E-state index in [0.29, 0.717) is 18.1 Å². The first-order valence-corrected chi connectivity index (χ1v) is 8.76. The summed E-state index contributed by atoms with van der Waals surface area (Å²) in [6.07, 6.45) is 0. The molecule has 0 fully saturated rings. The van der Waals surface area contributed by atoms with Gasteiger partial charge in [0.2, 0.25) is 0 Å². The van der Waals surface area contributed by atoms with Gasteiger partial charge in [-0.2, -0.15) is 4.68 Å². The van der Waals surface area contributed by atoms with Crippen molar-refractivity contribution in [1.82, 2.24) is 30.4 Å². The minimum absolute atomic E-state index is 0.0819. The lowest BCUT2D eigenvalue weighted by Gasteiger charge is -2.25. The Hall–Kier alpha value is -3.33. The molecule has 0 radical (unpaired) electrons. The van der Waals surface area contributed by atoms with Crippen LogP contribution < -0.4 is 10.6 Å². The van der Waals surface area contributed by atoms with Crippen LogP contribution in [0.25, 0.3) is 5.69 Å². The predicted octanol–water partition coefficient (Wildman–Crippen LogP) is 2.53. The molecule has 1 heterocycles. The highest BCUT2D eigenvalue weighted by Crippen LogP contribution is 2.18. The van der Waals surface area contributed by atoms with Crippen LogP contribution in [0, 0.1) is 12.7 Å². The number of carbonyl (C=O) groups excluding carboxylic acids is 1. The van der Waals surface area contributed by atoms with Gasteiger partial charge in [0.05, 0.1) is 11.7 Å². The molecule has 9 heteroatoms. The Bertz CT molecular complexity index is 939. The summed E-state index contributed by atoms with van der Waals surface area (Å²) in [4.78, 5) is 14.3. The lowest BCUT2D eigenvalue weighted by atomic mass is 10.1. The number of amides is 2. The van der Waals surface area contributed by atoms with Crippen LogP contribution in [0.15, 0.2) is 48.5 Å². The summed E-state index contributed by atoms with van der Waals surface area (Å²) < 4.78 is 14.7. The molecule has 2 N–H and O–H groups in total. The van der Waals surface area contributed by atoms with Gasteiger partial charge in [0.1, 0.15) is 5.82 Å². The molecule has 1 atom stereocenters. The molecule has 0 saturated heterocycles. The second kappa shape index (κ2) is 8.57. The van der Waals surface area contributed by atoms with E-state index in [-0.39, 0.29) is 17.9 Å². The molecule has 0 spiro atoms. The molecular weight excluding hydrogens is 361 g/mol. The Kier molecular flexibility index (Phi) is 5.95. The zero-order chi connectivity index (χ0) is 20.1. The SMILES string of the molecule is Cc1nnnn1-c1cccc(NC(=O)NCC(c2ccc(F)cc2)N(C)C)c1. The van der Waals surface area contributed by atoms with E-state index in [1.54, 1.807) is 35.9 Å². The van der Waals surface area contributed by atoms with Crippen LogP contribution >= 0.6 is 0 Å². The number of anilines is 1. The monoisotopic (exact) mass is 383 g/mol. The number of hydrogen-bond donors (Lipinski definition) is 2. The summed E-state index contributed by atoms with van der Waals surface area (Å²) in [5, 5.41) is 17.1. The molecule has 3 aromatic rings. The standard InChI is InChI=1S/C19H22FN7O/c1-13-23-24-25-27(13)17-6-4-5-16(11-17)22-19(28)21-12-18(26(2)3)14-7-9-15(20)10-8-14/h4-11,18H,12H2,1-3H3,(H2,21,22,28). The highest BCUT2D eigenvalue weighted by atomic mass is 19.1. The number of aryl methyl sites for hydroxylation is 1. The van der Waals surface area contributed by atoms with Crippen molar-refractivity contribution in [2.45, 2.75) is 13.0 Å². The van der Waals surface area contributed by atoms with E-state index in [1.165, 1.54) is 12.1 Å². The number of nitrogens with one attached hydrogen (secondary N) is 2. The van der Waals surface area contributed by atoms with Crippen LogP contribution in [-0.2, 0) is 0 Å². The summed E-state index contributed by atoms with van der Waals surface area (Å²) in [6.45, 7) is 2.17. The highest BCUT2D eigenvalue weighted by Gasteiger charge is 2.15. The molecule has 1 unspecified atom stereocenters. The van der Waals surface area contributed by atoms with Gasteiger partial charge >= 0.3 is 6.03 Å². The maximum atomic E-state index is 13.2. The minimum atomic E-state index is -0.334. The number of aromatic nitrogens is 4. The fourth-order valence-corrected chi connectivity index (χ4v) is 2.83. The molecule has 0 bridgehead atoms. The fourth-order valence-electron chi connectivity index (χ4n) is 2.83. The van der Waals surface area contributed by atoms with Crippen LogP contribution in [0.3, 0.4) is 0 Å². The number of nitrogens with zero attached hydrogens (tertiary/aromatic N) is 5. The van der Waals surface area contributed by atoms with Gasteiger partial charge < -0.3 is 15.5 Å². The van der Waals surface area contributed by atoms with E-state index in [2.05, 4.69) is 26.2 Å². The molecule has 2 aromatic carbocycles. The van der Waals surface area contributed by atoms with Crippen LogP contribution in [0.2, 0.25) is 0 Å². The molecule has 0 aliphatic heterocycles. The average Bonchev–Trinajstić information content (AvgIpc) is 3.09. The third kappa shape index (κ3) is 4.68. The lowest BCUT2D eigenvalue weighted by molar-refractivity contribution is 0.243. The smallest absolute Gasteiger partial charge is 0.319 e. The topological polar surface area (TPSA) is 88.0 Å². The molecular formula is C19H22FN7O. The van der Waals surface area contributed by atoms with E-state index in [4.69, 9.17) is 0 Å². The third-order valence-corrected chi connectivity index (χ3v) is 4.31. The summed E-state index contributed by atoms with van der Waals surface area (Å²) in [7, 11) is 3.82. The van der Waals surface area contributed by atoms with Gasteiger partial charge in [0, 0.05) is 12.2 Å². The van der Waals surface area contributed by atoms with Crippen molar-refractivity contribution in [3.05, 3.63) is 65.7 Å². The number of tetrazole rings is 1. The van der Waals surface area contributed by atoms with E-state index < -0.39 is 0 Å². The van der Waals surface area contributed by atoms with Crippen molar-refractivity contribution in [2.75, 3.05) is 26.0 Å². The molecule has 0 saturated carbocycles. The molecule has 0 aliphatic rings. The third-order valence-electron chi connectivity index (χ3n) is 4.31. The molecule has 1 aromatic heterocycles. The Morgan fingerprint density at radius 1 is 1.21 bits per heavy atom. The molecule has 0 aliphatic carbocycles. The zero-order valence-corrected chi connectivity index (χ0v) is 15.9. The number of urea groups is 1. The second-order valence-corrected chi connectivity index (χ2v) is 6.55. The molecule has 146 valence electrons. The largest absolute Gasteiger partial charge is 0.336 e. The second-order valence-electron chi connectivity index (χ2n) is 6.55. The Morgan fingerprint density at radius 2 is 1.96 bits per heavy atom. The summed E-state index contributed by atoms with van der Waals surface area (Å²) in [5.41, 5.74) is 2.29. The van der Waals surface area contributed by atoms with Gasteiger partial charge in [-0.05, 0) is 67.3 Å². The minimum Gasteiger partial charge on any atom is -0.336 e. The predicted molar refractivity (Wildman–Crippen MR) is 104 cm³/mol. The maximum absolute atomic E-state index is 13.2. The number of benzene rings is 2. The van der Waals surface area contributed by atoms with Crippen molar-refractivity contribution in [3.8, 4) is 5.69 Å². The Morgan fingerprint density at radius 3 is 2.61 bits per heavy atom. The highest BCUT2D eigenvalue weighted by molar-refractivity contribution is 5.89. The van der Waals surface area contributed by atoms with Crippen molar-refractivity contribution < 1.29 is 9.18 Å². The molecule has 8 nitrogen and oxygen atoms in total. The van der Waals surface area contributed by atoms with Crippen molar-refractivity contribution in [3.63, 3.8) is 0 Å². The van der Waals surface area contributed by atoms with Crippen LogP contribution in [0.1, 0.15) is 17.4 Å². The fraction of sp³-hybridized carbons (Fsp3) is 0.263. The number of likely N-dealkylation sites (N-methyl/N-ethyl adjacent to an activating group) is 1. The van der Waals surface area contributed by atoms with Crippen molar-refractivity contribution >= 4 is 11.7 Å². The van der Waals surface area contributed by atoms with E-state index >= 15 is 0 Å². The Balaban J connectivity index is 1.63. The summed E-state index contributed by atoms with van der Waals surface area (Å²) in [5.74, 6) is 0.361. The summed E-state index contributed by atoms with van der Waals surface area (Å²) in [6, 6.07) is 13.1. The van der Waals surface area contributed by atoms with E-state index in [1.807, 2.05) is 31.1 Å². The van der Waals surface area contributed by atoms with Crippen LogP contribution in [0.4, 0.5) is 14.9 Å². The van der Waals surface area contributed by atoms with Gasteiger partial charge in [-0.25, -0.2) is 9.18 Å². The van der Waals surface area contributed by atoms with Crippen molar-refractivity contribution in [1.29, 1.82) is 0 Å². The van der Waals surface area contributed by atoms with E-state index in [0.717, 1.165) is 11.3 Å². The number of rotatable bonds is 6. The first kappa shape index (κ1) is 19.4.